The highest BCUT2D eigenvalue weighted by molar-refractivity contribution is 7.91. The van der Waals surface area contributed by atoms with Gasteiger partial charge in [0.25, 0.3) is 0 Å². The number of sulfone groups is 1. The van der Waals surface area contributed by atoms with Gasteiger partial charge in [0, 0.05) is 12.4 Å². The molecule has 4 nitrogen and oxygen atoms in total. The van der Waals surface area contributed by atoms with Crippen LogP contribution in [0, 0.1) is 0 Å². The number of pyridine rings is 1. The Morgan fingerprint density at radius 1 is 1.16 bits per heavy atom. The predicted octanol–water partition coefficient (Wildman–Crippen LogP) is 2.41. The lowest BCUT2D eigenvalue weighted by atomic mass is 10.0. The molecule has 0 saturated carbocycles. The fourth-order valence-corrected chi connectivity index (χ4v) is 4.01. The van der Waals surface area contributed by atoms with E-state index in [1.54, 1.807) is 24.5 Å². The molecule has 1 aromatic heterocycles. The molecule has 0 aliphatic carbocycles. The number of aromatic nitrogens is 1. The molecule has 1 atom stereocenters. The number of hydrogen-bond donors (Lipinski definition) is 1. The SMILES string of the molecule is O=S1(=O)CCC(Nc2cccnc2)c2ccccc21. The van der Waals surface area contributed by atoms with Crippen molar-refractivity contribution in [3.05, 3.63) is 54.4 Å². The van der Waals surface area contributed by atoms with Crippen LogP contribution in [0.1, 0.15) is 18.0 Å². The second-order valence-corrected chi connectivity index (χ2v) is 6.66. The van der Waals surface area contributed by atoms with Crippen LogP contribution in [-0.2, 0) is 9.84 Å². The van der Waals surface area contributed by atoms with Gasteiger partial charge < -0.3 is 5.32 Å². The molecule has 1 aliphatic rings. The number of anilines is 1. The molecule has 1 unspecified atom stereocenters. The van der Waals surface area contributed by atoms with Crippen molar-refractivity contribution in [3.8, 4) is 0 Å². The van der Waals surface area contributed by atoms with E-state index < -0.39 is 9.84 Å². The average molecular weight is 274 g/mol. The van der Waals surface area contributed by atoms with Gasteiger partial charge in [-0.1, -0.05) is 18.2 Å². The van der Waals surface area contributed by atoms with E-state index in [0.717, 1.165) is 11.3 Å². The number of fused-ring (bicyclic) bond motifs is 1. The average Bonchev–Trinajstić information content (AvgIpc) is 2.44. The Hall–Kier alpha value is -1.88. The maximum absolute atomic E-state index is 12.0. The van der Waals surface area contributed by atoms with Gasteiger partial charge in [-0.05, 0) is 30.2 Å². The van der Waals surface area contributed by atoms with E-state index in [9.17, 15) is 8.42 Å². The Morgan fingerprint density at radius 3 is 2.79 bits per heavy atom. The van der Waals surface area contributed by atoms with Crippen molar-refractivity contribution in [3.63, 3.8) is 0 Å². The first-order chi connectivity index (χ1) is 9.17. The number of nitrogens with zero attached hydrogens (tertiary/aromatic N) is 1. The normalized spacial score (nSPS) is 20.5. The van der Waals surface area contributed by atoms with E-state index in [2.05, 4.69) is 10.3 Å². The van der Waals surface area contributed by atoms with Crippen LogP contribution < -0.4 is 5.32 Å². The summed E-state index contributed by atoms with van der Waals surface area (Å²) in [5.74, 6) is 0.182. The molecule has 0 spiro atoms. The number of benzene rings is 1. The third-order valence-electron chi connectivity index (χ3n) is 3.31. The molecule has 5 heteroatoms. The standard InChI is InChI=1S/C14H14N2O2S/c17-19(18)9-7-13(12-5-1-2-6-14(12)19)16-11-4-3-8-15-10-11/h1-6,8,10,13,16H,7,9H2. The third kappa shape index (κ3) is 2.33. The zero-order valence-electron chi connectivity index (χ0n) is 10.3. The minimum atomic E-state index is -3.12. The maximum atomic E-state index is 12.0. The monoisotopic (exact) mass is 274 g/mol. The van der Waals surface area contributed by atoms with Crippen LogP contribution in [0.4, 0.5) is 5.69 Å². The van der Waals surface area contributed by atoms with Crippen molar-refractivity contribution in [2.24, 2.45) is 0 Å². The van der Waals surface area contributed by atoms with Gasteiger partial charge in [-0.25, -0.2) is 8.42 Å². The van der Waals surface area contributed by atoms with Crippen molar-refractivity contribution >= 4 is 15.5 Å². The zero-order valence-corrected chi connectivity index (χ0v) is 11.1. The van der Waals surface area contributed by atoms with Gasteiger partial charge in [-0.3, -0.25) is 4.98 Å². The number of hydrogen-bond acceptors (Lipinski definition) is 4. The van der Waals surface area contributed by atoms with Crippen molar-refractivity contribution in [2.75, 3.05) is 11.1 Å². The molecule has 2 heterocycles. The zero-order chi connectivity index (χ0) is 13.3. The van der Waals surface area contributed by atoms with Crippen LogP contribution >= 0.6 is 0 Å². The van der Waals surface area contributed by atoms with Gasteiger partial charge in [-0.15, -0.1) is 0 Å². The van der Waals surface area contributed by atoms with Crippen LogP contribution in [0.25, 0.3) is 0 Å². The predicted molar refractivity (Wildman–Crippen MR) is 73.7 cm³/mol. The van der Waals surface area contributed by atoms with Crippen LogP contribution in [0.15, 0.2) is 53.7 Å². The summed E-state index contributed by atoms with van der Waals surface area (Å²) in [5, 5.41) is 3.35. The van der Waals surface area contributed by atoms with Gasteiger partial charge in [0.1, 0.15) is 0 Å². The molecule has 98 valence electrons. The summed E-state index contributed by atoms with van der Waals surface area (Å²) in [6, 6.07) is 11.0. The van der Waals surface area contributed by atoms with Gasteiger partial charge in [0.2, 0.25) is 0 Å². The Labute approximate surface area is 112 Å². The van der Waals surface area contributed by atoms with E-state index in [-0.39, 0.29) is 11.8 Å². The van der Waals surface area contributed by atoms with Crippen molar-refractivity contribution in [2.45, 2.75) is 17.4 Å². The molecule has 0 radical (unpaired) electrons. The van der Waals surface area contributed by atoms with Crippen LogP contribution in [0.5, 0.6) is 0 Å². The molecule has 19 heavy (non-hydrogen) atoms. The van der Waals surface area contributed by atoms with Crippen LogP contribution in [0.2, 0.25) is 0 Å². The maximum Gasteiger partial charge on any atom is 0.178 e. The van der Waals surface area contributed by atoms with E-state index in [1.807, 2.05) is 24.3 Å². The van der Waals surface area contributed by atoms with Crippen molar-refractivity contribution in [1.82, 2.24) is 4.98 Å². The lowest BCUT2D eigenvalue weighted by Gasteiger charge is -2.26. The fraction of sp³-hybridized carbons (Fsp3) is 0.214. The highest BCUT2D eigenvalue weighted by Crippen LogP contribution is 2.33. The summed E-state index contributed by atoms with van der Waals surface area (Å²) in [5.41, 5.74) is 1.75. The third-order valence-corrected chi connectivity index (χ3v) is 5.12. The second-order valence-electron chi connectivity index (χ2n) is 4.58. The van der Waals surface area contributed by atoms with E-state index in [1.165, 1.54) is 0 Å². The van der Waals surface area contributed by atoms with E-state index >= 15 is 0 Å². The number of rotatable bonds is 2. The lowest BCUT2D eigenvalue weighted by molar-refractivity contribution is 0.576. The van der Waals surface area contributed by atoms with Gasteiger partial charge in [-0.2, -0.15) is 0 Å². The summed E-state index contributed by atoms with van der Waals surface area (Å²) in [6.45, 7) is 0. The minimum absolute atomic E-state index is 0.0175. The highest BCUT2D eigenvalue weighted by Gasteiger charge is 2.29. The largest absolute Gasteiger partial charge is 0.377 e. The molecule has 0 amide bonds. The second kappa shape index (κ2) is 4.66. The Morgan fingerprint density at radius 2 is 2.00 bits per heavy atom. The summed E-state index contributed by atoms with van der Waals surface area (Å²) < 4.78 is 24.1. The molecule has 1 aromatic carbocycles. The first kappa shape index (κ1) is 12.2. The lowest BCUT2D eigenvalue weighted by Crippen LogP contribution is -2.24. The molecule has 0 saturated heterocycles. The summed E-state index contributed by atoms with van der Waals surface area (Å²) in [6.07, 6.45) is 4.03. The van der Waals surface area contributed by atoms with Gasteiger partial charge in [0.15, 0.2) is 9.84 Å². The summed E-state index contributed by atoms with van der Waals surface area (Å²) in [4.78, 5) is 4.50. The molecular weight excluding hydrogens is 260 g/mol. The van der Waals surface area contributed by atoms with E-state index in [4.69, 9.17) is 0 Å². The molecule has 2 aromatic rings. The summed E-state index contributed by atoms with van der Waals surface area (Å²) >= 11 is 0. The van der Waals surface area contributed by atoms with Gasteiger partial charge in [0.05, 0.1) is 22.4 Å². The molecule has 3 rings (SSSR count). The fourth-order valence-electron chi connectivity index (χ4n) is 2.39. The first-order valence-electron chi connectivity index (χ1n) is 6.15. The molecule has 0 fully saturated rings. The number of nitrogens with one attached hydrogen (secondary N) is 1. The Bertz CT molecular complexity index is 684. The topological polar surface area (TPSA) is 59.1 Å². The van der Waals surface area contributed by atoms with Crippen molar-refractivity contribution in [1.29, 1.82) is 0 Å². The summed E-state index contributed by atoms with van der Waals surface area (Å²) in [7, 11) is -3.12. The Kier molecular flexibility index (Phi) is 2.98. The molecular formula is C14H14N2O2S. The smallest absolute Gasteiger partial charge is 0.178 e. The first-order valence-corrected chi connectivity index (χ1v) is 7.80. The Balaban J connectivity index is 1.97. The quantitative estimate of drug-likeness (QED) is 0.913. The highest BCUT2D eigenvalue weighted by atomic mass is 32.2. The van der Waals surface area contributed by atoms with E-state index in [0.29, 0.717) is 11.3 Å². The molecule has 1 aliphatic heterocycles. The molecule has 0 bridgehead atoms. The minimum Gasteiger partial charge on any atom is -0.377 e. The molecule has 1 N–H and O–H groups in total. The van der Waals surface area contributed by atoms with Crippen LogP contribution in [0.3, 0.4) is 0 Å². The van der Waals surface area contributed by atoms with Crippen LogP contribution in [-0.4, -0.2) is 19.2 Å². The van der Waals surface area contributed by atoms with Gasteiger partial charge >= 0.3 is 0 Å². The van der Waals surface area contributed by atoms with Crippen molar-refractivity contribution < 1.29 is 8.42 Å².